The molecule has 1 fully saturated rings. The molecule has 98 valence electrons. The summed E-state index contributed by atoms with van der Waals surface area (Å²) in [7, 11) is 0. The van der Waals surface area contributed by atoms with Crippen LogP contribution in [0.2, 0.25) is 0 Å². The molecule has 0 aliphatic heterocycles. The van der Waals surface area contributed by atoms with Crippen molar-refractivity contribution in [3.63, 3.8) is 0 Å². The van der Waals surface area contributed by atoms with Gasteiger partial charge in [0.05, 0.1) is 0 Å². The Labute approximate surface area is 109 Å². The molecule has 1 saturated carbocycles. The Kier molecular flexibility index (Phi) is 3.04. The molecule has 1 aromatic heterocycles. The van der Waals surface area contributed by atoms with Crippen LogP contribution in [0.5, 0.6) is 0 Å². The summed E-state index contributed by atoms with van der Waals surface area (Å²) in [6.45, 7) is 4.55. The Morgan fingerprint density at radius 3 is 2.72 bits per heavy atom. The van der Waals surface area contributed by atoms with Crippen LogP contribution in [0.3, 0.4) is 0 Å². The molecular formula is C16H23NO. The average molecular weight is 245 g/mol. The third kappa shape index (κ3) is 1.82. The first kappa shape index (κ1) is 12.0. The van der Waals surface area contributed by atoms with Gasteiger partial charge in [0.2, 0.25) is 0 Å². The molecule has 3 rings (SSSR count). The van der Waals surface area contributed by atoms with Crippen LogP contribution in [0.25, 0.3) is 0 Å². The molecule has 0 spiro atoms. The highest BCUT2D eigenvalue weighted by Gasteiger charge is 2.29. The van der Waals surface area contributed by atoms with Gasteiger partial charge >= 0.3 is 0 Å². The number of carbonyl (C=O) groups is 1. The van der Waals surface area contributed by atoms with Crippen molar-refractivity contribution in [1.29, 1.82) is 0 Å². The molecular weight excluding hydrogens is 222 g/mol. The lowest BCUT2D eigenvalue weighted by Gasteiger charge is -2.33. The van der Waals surface area contributed by atoms with Crippen molar-refractivity contribution in [2.75, 3.05) is 0 Å². The van der Waals surface area contributed by atoms with Gasteiger partial charge in [-0.2, -0.15) is 0 Å². The van der Waals surface area contributed by atoms with Crippen molar-refractivity contribution in [1.82, 2.24) is 4.57 Å². The topological polar surface area (TPSA) is 22.0 Å². The molecule has 0 saturated heterocycles. The zero-order chi connectivity index (χ0) is 12.7. The van der Waals surface area contributed by atoms with E-state index in [0.29, 0.717) is 11.8 Å². The minimum Gasteiger partial charge on any atom is -0.345 e. The molecule has 0 amide bonds. The zero-order valence-electron chi connectivity index (χ0n) is 11.5. The monoisotopic (exact) mass is 245 g/mol. The summed E-state index contributed by atoms with van der Waals surface area (Å²) < 4.78 is 2.51. The second-order valence-electron chi connectivity index (χ2n) is 6.12. The summed E-state index contributed by atoms with van der Waals surface area (Å²) >= 11 is 0. The van der Waals surface area contributed by atoms with Crippen molar-refractivity contribution < 1.29 is 4.79 Å². The highest BCUT2D eigenvalue weighted by atomic mass is 16.1. The first-order valence-corrected chi connectivity index (χ1v) is 7.42. The number of rotatable bonds is 1. The predicted molar refractivity (Wildman–Crippen MR) is 73.1 cm³/mol. The standard InChI is InChI=1S/C16H23NO/c1-11-6-3-4-7-14(11)17-12(2)10-13-15(17)8-5-9-16(13)18/h10-11,14H,3-9H2,1-2H3. The number of aromatic nitrogens is 1. The normalized spacial score (nSPS) is 28.2. The smallest absolute Gasteiger partial charge is 0.164 e. The second-order valence-corrected chi connectivity index (χ2v) is 6.12. The van der Waals surface area contributed by atoms with E-state index in [2.05, 4.69) is 24.5 Å². The minimum atomic E-state index is 0.363. The summed E-state index contributed by atoms with van der Waals surface area (Å²) in [5.74, 6) is 1.12. The van der Waals surface area contributed by atoms with Crippen LogP contribution >= 0.6 is 0 Å². The lowest BCUT2D eigenvalue weighted by Crippen LogP contribution is -2.25. The molecule has 2 heteroatoms. The number of ketones is 1. The van der Waals surface area contributed by atoms with Gasteiger partial charge in [0.15, 0.2) is 5.78 Å². The van der Waals surface area contributed by atoms with Gasteiger partial charge in [0.25, 0.3) is 0 Å². The van der Waals surface area contributed by atoms with Crippen molar-refractivity contribution in [2.24, 2.45) is 5.92 Å². The maximum absolute atomic E-state index is 12.0. The van der Waals surface area contributed by atoms with Gasteiger partial charge in [0.1, 0.15) is 0 Å². The first-order chi connectivity index (χ1) is 8.68. The molecule has 0 bridgehead atoms. The summed E-state index contributed by atoms with van der Waals surface area (Å²) in [5, 5.41) is 0. The Hall–Kier alpha value is -1.05. The van der Waals surface area contributed by atoms with E-state index in [4.69, 9.17) is 0 Å². The van der Waals surface area contributed by atoms with Crippen molar-refractivity contribution in [3.8, 4) is 0 Å². The van der Waals surface area contributed by atoms with E-state index in [9.17, 15) is 4.79 Å². The van der Waals surface area contributed by atoms with Crippen LogP contribution in [0.1, 0.15) is 73.2 Å². The number of fused-ring (bicyclic) bond motifs is 1. The molecule has 2 aliphatic rings. The number of hydrogen-bond donors (Lipinski definition) is 0. The van der Waals surface area contributed by atoms with Gasteiger partial charge in [-0.1, -0.05) is 19.8 Å². The Morgan fingerprint density at radius 1 is 1.17 bits per heavy atom. The lowest BCUT2D eigenvalue weighted by molar-refractivity contribution is 0.0971. The molecule has 0 aromatic carbocycles. The maximum Gasteiger partial charge on any atom is 0.164 e. The Morgan fingerprint density at radius 2 is 1.94 bits per heavy atom. The highest BCUT2D eigenvalue weighted by molar-refractivity contribution is 5.98. The van der Waals surface area contributed by atoms with E-state index < -0.39 is 0 Å². The Balaban J connectivity index is 2.03. The highest BCUT2D eigenvalue weighted by Crippen LogP contribution is 2.38. The summed E-state index contributed by atoms with van der Waals surface area (Å²) in [4.78, 5) is 12.0. The van der Waals surface area contributed by atoms with Crippen LogP contribution < -0.4 is 0 Å². The van der Waals surface area contributed by atoms with Crippen LogP contribution in [-0.4, -0.2) is 10.4 Å². The van der Waals surface area contributed by atoms with Crippen LogP contribution in [0.4, 0.5) is 0 Å². The summed E-state index contributed by atoms with van der Waals surface area (Å²) in [6.07, 6.45) is 8.22. The fourth-order valence-corrected chi connectivity index (χ4v) is 3.89. The lowest BCUT2D eigenvalue weighted by atomic mass is 9.85. The number of carbonyl (C=O) groups excluding carboxylic acids is 1. The van der Waals surface area contributed by atoms with E-state index in [1.165, 1.54) is 37.1 Å². The second kappa shape index (κ2) is 4.56. The maximum atomic E-state index is 12.0. The number of hydrogen-bond acceptors (Lipinski definition) is 1. The van der Waals surface area contributed by atoms with Gasteiger partial charge in [-0.3, -0.25) is 4.79 Å². The Bertz CT molecular complexity index is 472. The van der Waals surface area contributed by atoms with Crippen LogP contribution in [-0.2, 0) is 6.42 Å². The predicted octanol–water partition coefficient (Wildman–Crippen LogP) is 4.07. The quantitative estimate of drug-likeness (QED) is 0.731. The third-order valence-electron chi connectivity index (χ3n) is 4.85. The molecule has 2 atom stereocenters. The molecule has 2 nitrogen and oxygen atoms in total. The van der Waals surface area contributed by atoms with Crippen molar-refractivity contribution >= 4 is 5.78 Å². The molecule has 1 aromatic rings. The van der Waals surface area contributed by atoms with Crippen molar-refractivity contribution in [2.45, 2.75) is 64.8 Å². The largest absolute Gasteiger partial charge is 0.345 e. The van der Waals surface area contributed by atoms with Gasteiger partial charge in [-0.25, -0.2) is 0 Å². The first-order valence-electron chi connectivity index (χ1n) is 7.42. The van der Waals surface area contributed by atoms with Gasteiger partial charge in [-0.15, -0.1) is 0 Å². The van der Waals surface area contributed by atoms with Gasteiger partial charge < -0.3 is 4.57 Å². The number of nitrogens with zero attached hydrogens (tertiary/aromatic N) is 1. The van der Waals surface area contributed by atoms with Crippen LogP contribution in [0.15, 0.2) is 6.07 Å². The zero-order valence-corrected chi connectivity index (χ0v) is 11.5. The fraction of sp³-hybridized carbons (Fsp3) is 0.688. The van der Waals surface area contributed by atoms with E-state index in [1.54, 1.807) is 0 Å². The fourth-order valence-electron chi connectivity index (χ4n) is 3.89. The van der Waals surface area contributed by atoms with Gasteiger partial charge in [0, 0.05) is 29.4 Å². The molecule has 0 radical (unpaired) electrons. The molecule has 18 heavy (non-hydrogen) atoms. The third-order valence-corrected chi connectivity index (χ3v) is 4.85. The minimum absolute atomic E-state index is 0.363. The van der Waals surface area contributed by atoms with E-state index >= 15 is 0 Å². The van der Waals surface area contributed by atoms with Crippen molar-refractivity contribution in [3.05, 3.63) is 23.0 Å². The molecule has 1 heterocycles. The number of Topliss-reactive ketones (excluding diaryl/α,β-unsaturated/α-hetero) is 1. The van der Waals surface area contributed by atoms with Crippen LogP contribution in [0, 0.1) is 12.8 Å². The van der Waals surface area contributed by atoms with Gasteiger partial charge in [-0.05, 0) is 44.6 Å². The molecule has 2 unspecified atom stereocenters. The SMILES string of the molecule is Cc1cc2c(n1C1CCCCC1C)CCCC2=O. The van der Waals surface area contributed by atoms with E-state index in [1.807, 2.05) is 0 Å². The van der Waals surface area contributed by atoms with E-state index in [0.717, 1.165) is 30.7 Å². The van der Waals surface area contributed by atoms with E-state index in [-0.39, 0.29) is 0 Å². The average Bonchev–Trinajstić information content (AvgIpc) is 2.68. The summed E-state index contributed by atoms with van der Waals surface area (Å²) in [5.41, 5.74) is 3.66. The molecule has 0 N–H and O–H groups in total. The molecule has 2 aliphatic carbocycles. The number of aryl methyl sites for hydroxylation is 1. The summed E-state index contributed by atoms with van der Waals surface area (Å²) in [6, 6.07) is 2.77.